The van der Waals surface area contributed by atoms with Crippen LogP contribution in [0.3, 0.4) is 0 Å². The van der Waals surface area contributed by atoms with Gasteiger partial charge in [0.25, 0.3) is 5.91 Å². The van der Waals surface area contributed by atoms with Crippen LogP contribution in [0, 0.1) is 13.8 Å². The van der Waals surface area contributed by atoms with E-state index in [1.165, 1.54) is 0 Å². The molecule has 0 spiro atoms. The largest absolute Gasteiger partial charge is 0.361 e. The van der Waals surface area contributed by atoms with Crippen molar-refractivity contribution < 1.29 is 9.32 Å². The Morgan fingerprint density at radius 3 is 2.67 bits per heavy atom. The maximum absolute atomic E-state index is 12.2. The van der Waals surface area contributed by atoms with Crippen LogP contribution in [0.4, 0.5) is 0 Å². The molecule has 1 amide bonds. The van der Waals surface area contributed by atoms with Gasteiger partial charge in [-0.3, -0.25) is 4.79 Å². The highest BCUT2D eigenvalue weighted by Gasteiger charge is 2.14. The summed E-state index contributed by atoms with van der Waals surface area (Å²) in [6.07, 6.45) is 0. The quantitative estimate of drug-likeness (QED) is 0.879. The van der Waals surface area contributed by atoms with E-state index in [1.54, 1.807) is 12.1 Å². The SMILES string of the molecule is Cc1noc(C)c1CNC(=O)c1cc(Cl)nc(C(C)C)c1. The second kappa shape index (κ2) is 6.26. The Balaban J connectivity index is 2.14. The van der Waals surface area contributed by atoms with Crippen molar-refractivity contribution in [3.8, 4) is 0 Å². The Bertz CT molecular complexity index is 645. The van der Waals surface area contributed by atoms with Crippen molar-refractivity contribution in [2.75, 3.05) is 0 Å². The van der Waals surface area contributed by atoms with Crippen LogP contribution in [0.1, 0.15) is 52.8 Å². The van der Waals surface area contributed by atoms with Crippen LogP contribution in [-0.2, 0) is 6.54 Å². The molecule has 0 radical (unpaired) electrons. The van der Waals surface area contributed by atoms with Crippen LogP contribution in [-0.4, -0.2) is 16.0 Å². The van der Waals surface area contributed by atoms with E-state index in [0.29, 0.717) is 23.0 Å². The van der Waals surface area contributed by atoms with E-state index in [2.05, 4.69) is 15.5 Å². The van der Waals surface area contributed by atoms with Gasteiger partial charge in [0.1, 0.15) is 10.9 Å². The number of rotatable bonds is 4. The first-order valence-corrected chi connectivity index (χ1v) is 7.13. The lowest BCUT2D eigenvalue weighted by Gasteiger charge is -2.09. The maximum atomic E-state index is 12.2. The molecule has 0 unspecified atom stereocenters. The average Bonchev–Trinajstić information content (AvgIpc) is 2.74. The fourth-order valence-electron chi connectivity index (χ4n) is 1.97. The summed E-state index contributed by atoms with van der Waals surface area (Å²) in [5.41, 5.74) is 2.98. The van der Waals surface area contributed by atoms with E-state index in [0.717, 1.165) is 17.0 Å². The number of aromatic nitrogens is 2. The molecule has 5 nitrogen and oxygen atoms in total. The minimum atomic E-state index is -0.193. The Labute approximate surface area is 128 Å². The monoisotopic (exact) mass is 307 g/mol. The van der Waals surface area contributed by atoms with Crippen molar-refractivity contribution in [1.29, 1.82) is 0 Å². The number of nitrogens with zero attached hydrogens (tertiary/aromatic N) is 2. The predicted molar refractivity (Wildman–Crippen MR) is 80.5 cm³/mol. The zero-order valence-electron chi connectivity index (χ0n) is 12.5. The molecule has 0 aromatic carbocycles. The van der Waals surface area contributed by atoms with Crippen molar-refractivity contribution in [2.45, 2.75) is 40.2 Å². The Morgan fingerprint density at radius 2 is 2.10 bits per heavy atom. The minimum Gasteiger partial charge on any atom is -0.361 e. The number of carbonyl (C=O) groups excluding carboxylic acids is 1. The van der Waals surface area contributed by atoms with E-state index in [-0.39, 0.29) is 11.8 Å². The zero-order chi connectivity index (χ0) is 15.6. The van der Waals surface area contributed by atoms with Gasteiger partial charge in [-0.1, -0.05) is 30.6 Å². The zero-order valence-corrected chi connectivity index (χ0v) is 13.3. The maximum Gasteiger partial charge on any atom is 0.251 e. The summed E-state index contributed by atoms with van der Waals surface area (Å²) >= 11 is 5.97. The van der Waals surface area contributed by atoms with E-state index in [9.17, 15) is 4.79 Å². The Kier molecular flexibility index (Phi) is 4.63. The predicted octanol–water partition coefficient (Wildman–Crippen LogP) is 3.39. The van der Waals surface area contributed by atoms with E-state index in [4.69, 9.17) is 16.1 Å². The Morgan fingerprint density at radius 1 is 1.38 bits per heavy atom. The number of hydrogen-bond acceptors (Lipinski definition) is 4. The molecule has 21 heavy (non-hydrogen) atoms. The number of hydrogen-bond donors (Lipinski definition) is 1. The number of nitrogens with one attached hydrogen (secondary N) is 1. The fourth-order valence-corrected chi connectivity index (χ4v) is 2.18. The highest BCUT2D eigenvalue weighted by molar-refractivity contribution is 6.29. The van der Waals surface area contributed by atoms with Gasteiger partial charge in [-0.05, 0) is 31.9 Å². The highest BCUT2D eigenvalue weighted by atomic mass is 35.5. The molecule has 0 atom stereocenters. The first-order valence-electron chi connectivity index (χ1n) is 6.76. The second-order valence-electron chi connectivity index (χ2n) is 5.24. The van der Waals surface area contributed by atoms with Gasteiger partial charge < -0.3 is 9.84 Å². The number of carbonyl (C=O) groups is 1. The summed E-state index contributed by atoms with van der Waals surface area (Å²) in [5, 5.41) is 7.03. The molecule has 0 aliphatic heterocycles. The van der Waals surface area contributed by atoms with Crippen LogP contribution in [0.15, 0.2) is 16.7 Å². The van der Waals surface area contributed by atoms with Crippen molar-refractivity contribution in [3.05, 3.63) is 45.6 Å². The van der Waals surface area contributed by atoms with Crippen LogP contribution in [0.25, 0.3) is 0 Å². The lowest BCUT2D eigenvalue weighted by Crippen LogP contribution is -2.23. The summed E-state index contributed by atoms with van der Waals surface area (Å²) in [4.78, 5) is 16.5. The average molecular weight is 308 g/mol. The Hall–Kier alpha value is -1.88. The lowest BCUT2D eigenvalue weighted by molar-refractivity contribution is 0.0950. The fraction of sp³-hybridized carbons (Fsp3) is 0.400. The molecule has 1 N–H and O–H groups in total. The topological polar surface area (TPSA) is 68.0 Å². The number of amides is 1. The molecule has 0 bridgehead atoms. The van der Waals surface area contributed by atoms with Gasteiger partial charge in [-0.2, -0.15) is 0 Å². The van der Waals surface area contributed by atoms with Gasteiger partial charge in [-0.15, -0.1) is 0 Å². The first kappa shape index (κ1) is 15.5. The third-order valence-corrected chi connectivity index (χ3v) is 3.47. The summed E-state index contributed by atoms with van der Waals surface area (Å²) < 4.78 is 5.07. The molecule has 0 aliphatic carbocycles. The molecule has 2 aromatic rings. The first-order chi connectivity index (χ1) is 9.88. The number of pyridine rings is 1. The molecule has 2 aromatic heterocycles. The van der Waals surface area contributed by atoms with Crippen LogP contribution < -0.4 is 5.32 Å². The molecule has 112 valence electrons. The second-order valence-corrected chi connectivity index (χ2v) is 5.63. The molecule has 0 fully saturated rings. The van der Waals surface area contributed by atoms with Gasteiger partial charge in [0.2, 0.25) is 0 Å². The summed E-state index contributed by atoms with van der Waals surface area (Å²) in [5.74, 6) is 0.724. The van der Waals surface area contributed by atoms with Gasteiger partial charge >= 0.3 is 0 Å². The molecular formula is C15H18ClN3O2. The van der Waals surface area contributed by atoms with Crippen molar-refractivity contribution >= 4 is 17.5 Å². The van der Waals surface area contributed by atoms with Crippen molar-refractivity contribution in [1.82, 2.24) is 15.5 Å². The summed E-state index contributed by atoms with van der Waals surface area (Å²) in [6.45, 7) is 8.05. The van der Waals surface area contributed by atoms with Crippen molar-refractivity contribution in [3.63, 3.8) is 0 Å². The third-order valence-electron chi connectivity index (χ3n) is 3.27. The molecule has 6 heteroatoms. The van der Waals surface area contributed by atoms with Gasteiger partial charge in [0.15, 0.2) is 0 Å². The van der Waals surface area contributed by atoms with E-state index >= 15 is 0 Å². The summed E-state index contributed by atoms with van der Waals surface area (Å²) in [6, 6.07) is 3.33. The number of aryl methyl sites for hydroxylation is 2. The normalized spacial score (nSPS) is 11.0. The molecule has 0 saturated heterocycles. The van der Waals surface area contributed by atoms with Gasteiger partial charge in [0, 0.05) is 23.4 Å². The molecule has 0 aliphatic rings. The lowest BCUT2D eigenvalue weighted by atomic mass is 10.1. The van der Waals surface area contributed by atoms with Gasteiger partial charge in [0.05, 0.1) is 5.69 Å². The standard InChI is InChI=1S/C15H18ClN3O2/c1-8(2)13-5-11(6-14(16)18-13)15(20)17-7-12-9(3)19-21-10(12)4/h5-6,8H,7H2,1-4H3,(H,17,20). The van der Waals surface area contributed by atoms with E-state index in [1.807, 2.05) is 27.7 Å². The third kappa shape index (κ3) is 3.61. The molecule has 2 heterocycles. The van der Waals surface area contributed by atoms with Crippen molar-refractivity contribution in [2.24, 2.45) is 0 Å². The van der Waals surface area contributed by atoms with Crippen LogP contribution in [0.5, 0.6) is 0 Å². The molecule has 2 rings (SSSR count). The molecular weight excluding hydrogens is 290 g/mol. The van der Waals surface area contributed by atoms with Crippen LogP contribution in [0.2, 0.25) is 5.15 Å². The highest BCUT2D eigenvalue weighted by Crippen LogP contribution is 2.18. The smallest absolute Gasteiger partial charge is 0.251 e. The minimum absolute atomic E-state index is 0.193. The van der Waals surface area contributed by atoms with Gasteiger partial charge in [-0.25, -0.2) is 4.98 Å². The molecule has 0 saturated carbocycles. The van der Waals surface area contributed by atoms with Crippen LogP contribution >= 0.6 is 11.6 Å². The number of halogens is 1. The summed E-state index contributed by atoms with van der Waals surface area (Å²) in [7, 11) is 0. The van der Waals surface area contributed by atoms with E-state index < -0.39 is 0 Å².